The maximum atomic E-state index is 12.7. The molecule has 1 unspecified atom stereocenters. The van der Waals surface area contributed by atoms with Crippen molar-refractivity contribution >= 4 is 23.6 Å². The van der Waals surface area contributed by atoms with Crippen molar-refractivity contribution in [3.63, 3.8) is 0 Å². The molecule has 1 aliphatic carbocycles. The molecule has 0 radical (unpaired) electrons. The molecule has 25 heavy (non-hydrogen) atoms. The Kier molecular flexibility index (Phi) is 7.80. The van der Waals surface area contributed by atoms with Gasteiger partial charge in [0.25, 0.3) is 5.91 Å². The monoisotopic (exact) mass is 359 g/mol. The summed E-state index contributed by atoms with van der Waals surface area (Å²) in [4.78, 5) is 26.0. The fourth-order valence-corrected chi connectivity index (χ4v) is 3.90. The molecule has 0 aromatic heterocycles. The summed E-state index contributed by atoms with van der Waals surface area (Å²) in [5.41, 5.74) is 0.580. The van der Waals surface area contributed by atoms with Crippen LogP contribution in [0.2, 0.25) is 0 Å². The number of carbonyl (C=O) groups is 2. The average molecular weight is 359 g/mol. The van der Waals surface area contributed by atoms with E-state index in [1.165, 1.54) is 31.0 Å². The molecule has 0 saturated heterocycles. The van der Waals surface area contributed by atoms with Gasteiger partial charge in [-0.25, -0.2) is 0 Å². The van der Waals surface area contributed by atoms with Crippen molar-refractivity contribution in [2.45, 2.75) is 49.5 Å². The number of carbonyl (C=O) groups excluding carboxylic acids is 2. The van der Waals surface area contributed by atoms with E-state index in [1.54, 1.807) is 6.07 Å². The molecular weight excluding hydrogens is 334 g/mol. The molecule has 1 aromatic carbocycles. The Morgan fingerprint density at radius 2 is 2.00 bits per heavy atom. The van der Waals surface area contributed by atoms with E-state index in [0.717, 1.165) is 17.7 Å². The molecule has 1 aliphatic rings. The van der Waals surface area contributed by atoms with Crippen molar-refractivity contribution in [3.8, 4) is 6.07 Å². The van der Waals surface area contributed by atoms with E-state index >= 15 is 0 Å². The van der Waals surface area contributed by atoms with E-state index in [0.29, 0.717) is 17.9 Å². The van der Waals surface area contributed by atoms with E-state index in [-0.39, 0.29) is 18.4 Å². The van der Waals surface area contributed by atoms with Crippen molar-refractivity contribution in [1.82, 2.24) is 10.6 Å². The maximum absolute atomic E-state index is 12.7. The molecular formula is C19H25N3O2S. The Morgan fingerprint density at radius 3 is 2.68 bits per heavy atom. The number of nitrogens with one attached hydrogen (secondary N) is 2. The van der Waals surface area contributed by atoms with Crippen LogP contribution in [-0.4, -0.2) is 30.7 Å². The SMILES string of the molecule is CSc1ccccc1C(=O)NC(CC1CCCCC1)C(=O)NCC#N. The molecule has 1 saturated carbocycles. The number of rotatable bonds is 7. The van der Waals surface area contributed by atoms with Gasteiger partial charge in [-0.05, 0) is 30.7 Å². The van der Waals surface area contributed by atoms with Crippen molar-refractivity contribution in [3.05, 3.63) is 29.8 Å². The Labute approximate surface area is 153 Å². The third-order valence-electron chi connectivity index (χ3n) is 4.61. The van der Waals surface area contributed by atoms with Crippen molar-refractivity contribution in [1.29, 1.82) is 5.26 Å². The lowest BCUT2D eigenvalue weighted by Crippen LogP contribution is -2.48. The average Bonchev–Trinajstić information content (AvgIpc) is 2.66. The van der Waals surface area contributed by atoms with Gasteiger partial charge in [0, 0.05) is 4.90 Å². The van der Waals surface area contributed by atoms with Gasteiger partial charge in [0.1, 0.15) is 12.6 Å². The predicted octanol–water partition coefficient (Wildman–Crippen LogP) is 3.12. The van der Waals surface area contributed by atoms with Gasteiger partial charge in [-0.2, -0.15) is 5.26 Å². The lowest BCUT2D eigenvalue weighted by Gasteiger charge is -2.26. The van der Waals surface area contributed by atoms with Crippen molar-refractivity contribution in [2.75, 3.05) is 12.8 Å². The molecule has 2 amide bonds. The third kappa shape index (κ3) is 5.79. The highest BCUT2D eigenvalue weighted by molar-refractivity contribution is 7.98. The second-order valence-electron chi connectivity index (χ2n) is 6.34. The first kappa shape index (κ1) is 19.3. The summed E-state index contributed by atoms with van der Waals surface area (Å²) in [6.45, 7) is -0.0444. The van der Waals surface area contributed by atoms with Crippen molar-refractivity contribution < 1.29 is 9.59 Å². The van der Waals surface area contributed by atoms with Gasteiger partial charge < -0.3 is 10.6 Å². The standard InChI is InChI=1S/C19H25N3O2S/c1-25-17-10-6-5-9-15(17)18(23)22-16(19(24)21-12-11-20)13-14-7-3-2-4-8-14/h5-6,9-10,14,16H,2-4,7-8,12-13H2,1H3,(H,21,24)(H,22,23). The second kappa shape index (κ2) is 10.1. The normalized spacial score (nSPS) is 15.8. The highest BCUT2D eigenvalue weighted by Crippen LogP contribution is 2.27. The van der Waals surface area contributed by atoms with Gasteiger partial charge in [-0.15, -0.1) is 11.8 Å². The Hall–Kier alpha value is -2.00. The van der Waals surface area contributed by atoms with Crippen LogP contribution in [0.4, 0.5) is 0 Å². The minimum absolute atomic E-state index is 0.0444. The topological polar surface area (TPSA) is 82.0 Å². The number of nitriles is 1. The Bertz CT molecular complexity index is 636. The van der Waals surface area contributed by atoms with E-state index in [2.05, 4.69) is 10.6 Å². The summed E-state index contributed by atoms with van der Waals surface area (Å²) in [6.07, 6.45) is 8.35. The van der Waals surface area contributed by atoms with Crippen LogP contribution in [0.15, 0.2) is 29.2 Å². The molecule has 0 spiro atoms. The zero-order valence-electron chi connectivity index (χ0n) is 14.6. The maximum Gasteiger partial charge on any atom is 0.253 e. The zero-order chi connectivity index (χ0) is 18.1. The number of benzene rings is 1. The molecule has 0 heterocycles. The lowest BCUT2D eigenvalue weighted by atomic mass is 9.84. The molecule has 0 aliphatic heterocycles. The van der Waals surface area contributed by atoms with Gasteiger partial charge in [0.05, 0.1) is 11.6 Å². The van der Waals surface area contributed by atoms with Crippen LogP contribution in [0.25, 0.3) is 0 Å². The van der Waals surface area contributed by atoms with Crippen LogP contribution in [0.1, 0.15) is 48.9 Å². The molecule has 2 N–H and O–H groups in total. The summed E-state index contributed by atoms with van der Waals surface area (Å²) in [6, 6.07) is 8.69. The van der Waals surface area contributed by atoms with E-state index in [9.17, 15) is 9.59 Å². The van der Waals surface area contributed by atoms with Crippen LogP contribution < -0.4 is 10.6 Å². The molecule has 1 aromatic rings. The largest absolute Gasteiger partial charge is 0.341 e. The van der Waals surface area contributed by atoms with Crippen molar-refractivity contribution in [2.24, 2.45) is 5.92 Å². The molecule has 6 heteroatoms. The molecule has 0 bridgehead atoms. The van der Waals surface area contributed by atoms with E-state index in [1.807, 2.05) is 30.5 Å². The highest BCUT2D eigenvalue weighted by atomic mass is 32.2. The number of nitrogens with zero attached hydrogens (tertiary/aromatic N) is 1. The number of hydrogen-bond donors (Lipinski definition) is 2. The van der Waals surface area contributed by atoms with E-state index in [4.69, 9.17) is 5.26 Å². The van der Waals surface area contributed by atoms with Crippen LogP contribution in [-0.2, 0) is 4.79 Å². The highest BCUT2D eigenvalue weighted by Gasteiger charge is 2.26. The number of thioether (sulfide) groups is 1. The molecule has 1 atom stereocenters. The summed E-state index contributed by atoms with van der Waals surface area (Å²) in [5.74, 6) is -0.0670. The third-order valence-corrected chi connectivity index (χ3v) is 5.40. The van der Waals surface area contributed by atoms with Crippen LogP contribution >= 0.6 is 11.8 Å². The molecule has 1 fully saturated rings. The summed E-state index contributed by atoms with van der Waals surface area (Å²) >= 11 is 1.50. The number of hydrogen-bond acceptors (Lipinski definition) is 4. The van der Waals surface area contributed by atoms with Gasteiger partial charge >= 0.3 is 0 Å². The quantitative estimate of drug-likeness (QED) is 0.579. The van der Waals surface area contributed by atoms with Crippen LogP contribution in [0, 0.1) is 17.2 Å². The van der Waals surface area contributed by atoms with E-state index < -0.39 is 6.04 Å². The minimum Gasteiger partial charge on any atom is -0.341 e. The van der Waals surface area contributed by atoms with Crippen LogP contribution in [0.5, 0.6) is 0 Å². The first-order valence-electron chi connectivity index (χ1n) is 8.74. The minimum atomic E-state index is -0.598. The molecule has 134 valence electrons. The van der Waals surface area contributed by atoms with Gasteiger partial charge in [-0.3, -0.25) is 9.59 Å². The summed E-state index contributed by atoms with van der Waals surface area (Å²) in [5, 5.41) is 14.2. The lowest BCUT2D eigenvalue weighted by molar-refractivity contribution is -0.123. The Morgan fingerprint density at radius 1 is 1.28 bits per heavy atom. The van der Waals surface area contributed by atoms with Crippen LogP contribution in [0.3, 0.4) is 0 Å². The van der Waals surface area contributed by atoms with Gasteiger partial charge in [0.2, 0.25) is 5.91 Å². The molecule has 5 nitrogen and oxygen atoms in total. The summed E-state index contributed by atoms with van der Waals surface area (Å²) < 4.78 is 0. The fourth-order valence-electron chi connectivity index (χ4n) is 3.31. The predicted molar refractivity (Wildman–Crippen MR) is 99.3 cm³/mol. The fraction of sp³-hybridized carbons (Fsp3) is 0.526. The zero-order valence-corrected chi connectivity index (χ0v) is 15.4. The first-order chi connectivity index (χ1) is 12.2. The Balaban J connectivity index is 2.09. The number of amides is 2. The first-order valence-corrected chi connectivity index (χ1v) is 9.96. The van der Waals surface area contributed by atoms with Gasteiger partial charge in [-0.1, -0.05) is 44.2 Å². The molecule has 2 rings (SSSR count). The smallest absolute Gasteiger partial charge is 0.253 e. The summed E-state index contributed by atoms with van der Waals surface area (Å²) in [7, 11) is 0. The second-order valence-corrected chi connectivity index (χ2v) is 7.19. The van der Waals surface area contributed by atoms with Gasteiger partial charge in [0.15, 0.2) is 0 Å².